The van der Waals surface area contributed by atoms with Crippen LogP contribution in [0.1, 0.15) is 26.8 Å². The number of thiazole rings is 1. The Labute approximate surface area is 188 Å². The maximum absolute atomic E-state index is 13.7. The van der Waals surface area contributed by atoms with E-state index in [1.807, 2.05) is 19.1 Å². The summed E-state index contributed by atoms with van der Waals surface area (Å²) in [7, 11) is 0. The lowest BCUT2D eigenvalue weighted by atomic mass is 9.94. The van der Waals surface area contributed by atoms with Gasteiger partial charge in [0.15, 0.2) is 22.5 Å². The van der Waals surface area contributed by atoms with Gasteiger partial charge in [-0.15, -0.1) is 11.3 Å². The third-order valence-corrected chi connectivity index (χ3v) is 7.07. The van der Waals surface area contributed by atoms with E-state index in [4.69, 9.17) is 0 Å². The first-order valence-corrected chi connectivity index (χ1v) is 11.2. The van der Waals surface area contributed by atoms with Crippen LogP contribution in [-0.2, 0) is 4.79 Å². The number of Topliss-reactive ketones (excluding diaryl/α,β-unsaturated/α-hetero) is 1. The molecule has 1 amide bonds. The van der Waals surface area contributed by atoms with Crippen LogP contribution in [0.4, 0.5) is 13.9 Å². The van der Waals surface area contributed by atoms with Gasteiger partial charge in [0.05, 0.1) is 26.7 Å². The highest BCUT2D eigenvalue weighted by Gasteiger charge is 2.46. The molecule has 4 aromatic rings. The number of carbonyl (C=O) groups excluding carboxylic acids is 2. The molecule has 0 aliphatic carbocycles. The number of carbonyl (C=O) groups is 2. The van der Waals surface area contributed by atoms with Crippen molar-refractivity contribution in [1.82, 2.24) is 4.98 Å². The first-order chi connectivity index (χ1) is 15.3. The Kier molecular flexibility index (Phi) is 4.87. The van der Waals surface area contributed by atoms with E-state index in [0.717, 1.165) is 29.0 Å². The number of halogens is 2. The topological polar surface area (TPSA) is 70.5 Å². The summed E-state index contributed by atoms with van der Waals surface area (Å²) in [5, 5.41) is 12.6. The van der Waals surface area contributed by atoms with Gasteiger partial charge < -0.3 is 5.11 Å². The molecule has 1 aliphatic rings. The highest BCUT2D eigenvalue weighted by atomic mass is 32.1. The number of aliphatic hydroxyl groups excluding tert-OH is 1. The van der Waals surface area contributed by atoms with Crippen LogP contribution in [0.25, 0.3) is 10.2 Å². The number of hydrogen-bond acceptors (Lipinski definition) is 6. The molecule has 32 heavy (non-hydrogen) atoms. The largest absolute Gasteiger partial charge is 0.503 e. The van der Waals surface area contributed by atoms with Crippen LogP contribution in [-0.4, -0.2) is 21.8 Å². The number of aliphatic hydroxyl groups is 1. The van der Waals surface area contributed by atoms with Crippen LogP contribution in [0, 0.1) is 18.6 Å². The number of fused-ring (bicyclic) bond motifs is 1. The lowest BCUT2D eigenvalue weighted by Gasteiger charge is -2.24. The summed E-state index contributed by atoms with van der Waals surface area (Å²) >= 11 is 2.18. The zero-order chi connectivity index (χ0) is 22.6. The first-order valence-electron chi connectivity index (χ1n) is 9.52. The van der Waals surface area contributed by atoms with E-state index in [0.29, 0.717) is 15.1 Å². The number of rotatable bonds is 4. The van der Waals surface area contributed by atoms with Crippen LogP contribution < -0.4 is 4.90 Å². The van der Waals surface area contributed by atoms with E-state index < -0.39 is 35.1 Å². The third kappa shape index (κ3) is 3.21. The quantitative estimate of drug-likeness (QED) is 0.389. The molecule has 1 atom stereocenters. The van der Waals surface area contributed by atoms with Crippen molar-refractivity contribution in [2.24, 2.45) is 0 Å². The Morgan fingerprint density at radius 2 is 1.91 bits per heavy atom. The smallest absolute Gasteiger partial charge is 0.296 e. The van der Waals surface area contributed by atoms with Gasteiger partial charge in [0.2, 0.25) is 5.78 Å². The predicted octanol–water partition coefficient (Wildman–Crippen LogP) is 5.73. The van der Waals surface area contributed by atoms with Gasteiger partial charge in [-0.2, -0.15) is 0 Å². The molecule has 2 aromatic carbocycles. The summed E-state index contributed by atoms with van der Waals surface area (Å²) in [6.07, 6.45) is 0. The molecule has 1 N–H and O–H groups in total. The second kappa shape index (κ2) is 7.61. The Morgan fingerprint density at radius 1 is 1.12 bits per heavy atom. The van der Waals surface area contributed by atoms with E-state index >= 15 is 0 Å². The van der Waals surface area contributed by atoms with Crippen molar-refractivity contribution in [3.05, 3.63) is 92.9 Å². The van der Waals surface area contributed by atoms with Crippen molar-refractivity contribution in [2.75, 3.05) is 4.90 Å². The monoisotopic (exact) mass is 468 g/mol. The van der Waals surface area contributed by atoms with Gasteiger partial charge in [0.25, 0.3) is 5.91 Å². The highest BCUT2D eigenvalue weighted by molar-refractivity contribution is 7.22. The molecule has 2 aromatic heterocycles. The molecule has 0 radical (unpaired) electrons. The number of thiophene rings is 1. The number of nitrogens with zero attached hydrogens (tertiary/aromatic N) is 2. The lowest BCUT2D eigenvalue weighted by molar-refractivity contribution is -0.117. The van der Waals surface area contributed by atoms with Crippen molar-refractivity contribution < 1.29 is 23.5 Å². The molecule has 0 saturated carbocycles. The zero-order valence-electron chi connectivity index (χ0n) is 16.5. The SMILES string of the molecule is Cc1cccc(C2C(C(=O)c3cccs3)=C(O)C(=O)N2c2nc3cc(F)c(F)cc3s2)c1. The molecular weight excluding hydrogens is 454 g/mol. The van der Waals surface area contributed by atoms with Gasteiger partial charge in [-0.05, 0) is 30.0 Å². The number of aryl methyl sites for hydroxylation is 1. The van der Waals surface area contributed by atoms with Gasteiger partial charge in [-0.25, -0.2) is 13.8 Å². The Bertz CT molecular complexity index is 1390. The fourth-order valence-electron chi connectivity index (χ4n) is 3.75. The second-order valence-electron chi connectivity index (χ2n) is 7.29. The van der Waals surface area contributed by atoms with Crippen LogP contribution in [0.5, 0.6) is 0 Å². The Hall–Kier alpha value is -3.43. The third-order valence-electron chi connectivity index (χ3n) is 5.18. The van der Waals surface area contributed by atoms with E-state index in [1.165, 1.54) is 16.2 Å². The molecule has 3 heterocycles. The van der Waals surface area contributed by atoms with Crippen LogP contribution in [0.2, 0.25) is 0 Å². The molecule has 9 heteroatoms. The number of hydrogen-bond donors (Lipinski definition) is 1. The normalized spacial score (nSPS) is 16.4. The molecule has 0 bridgehead atoms. The van der Waals surface area contributed by atoms with Crippen LogP contribution in [0.3, 0.4) is 0 Å². The Morgan fingerprint density at radius 3 is 2.62 bits per heavy atom. The van der Waals surface area contributed by atoms with E-state index in [-0.39, 0.29) is 16.2 Å². The maximum atomic E-state index is 13.7. The van der Waals surface area contributed by atoms with Crippen LogP contribution in [0.15, 0.2) is 65.2 Å². The molecule has 5 rings (SSSR count). The molecular formula is C23H14F2N2O3S2. The first kappa shape index (κ1) is 20.5. The average molecular weight is 469 g/mol. The van der Waals surface area contributed by atoms with Crippen molar-refractivity contribution in [2.45, 2.75) is 13.0 Å². The summed E-state index contributed by atoms with van der Waals surface area (Å²) < 4.78 is 27.8. The molecule has 0 fully saturated rings. The Balaban J connectivity index is 1.70. The van der Waals surface area contributed by atoms with Crippen LogP contribution >= 0.6 is 22.7 Å². The molecule has 1 aliphatic heterocycles. The number of aromatic nitrogens is 1. The zero-order valence-corrected chi connectivity index (χ0v) is 18.1. The van der Waals surface area contributed by atoms with Crippen molar-refractivity contribution in [3.8, 4) is 0 Å². The summed E-state index contributed by atoms with van der Waals surface area (Å²) in [5.41, 5.74) is 1.63. The summed E-state index contributed by atoms with van der Waals surface area (Å²) in [6.45, 7) is 1.87. The van der Waals surface area contributed by atoms with Gasteiger partial charge in [0, 0.05) is 6.07 Å². The predicted molar refractivity (Wildman–Crippen MR) is 119 cm³/mol. The number of amides is 1. The minimum Gasteiger partial charge on any atom is -0.503 e. The van der Waals surface area contributed by atoms with E-state index in [9.17, 15) is 23.5 Å². The van der Waals surface area contributed by atoms with E-state index in [1.54, 1.807) is 29.6 Å². The van der Waals surface area contributed by atoms with Gasteiger partial charge in [0.1, 0.15) is 0 Å². The summed E-state index contributed by atoms with van der Waals surface area (Å²) in [6, 6.07) is 11.6. The average Bonchev–Trinajstić information content (AvgIpc) is 3.48. The fourth-order valence-corrected chi connectivity index (χ4v) is 5.42. The minimum atomic E-state index is -1.05. The number of ketones is 1. The fraction of sp³-hybridized carbons (Fsp3) is 0.0870. The van der Waals surface area contributed by atoms with Gasteiger partial charge in [-0.3, -0.25) is 14.5 Å². The number of benzene rings is 2. The molecule has 0 saturated heterocycles. The molecule has 5 nitrogen and oxygen atoms in total. The summed E-state index contributed by atoms with van der Waals surface area (Å²) in [5.74, 6) is -3.99. The summed E-state index contributed by atoms with van der Waals surface area (Å²) in [4.78, 5) is 32.3. The van der Waals surface area contributed by atoms with Crippen molar-refractivity contribution in [3.63, 3.8) is 0 Å². The van der Waals surface area contributed by atoms with Crippen molar-refractivity contribution >= 4 is 49.7 Å². The molecule has 1 unspecified atom stereocenters. The lowest BCUT2D eigenvalue weighted by Crippen LogP contribution is -2.31. The maximum Gasteiger partial charge on any atom is 0.296 e. The second-order valence-corrected chi connectivity index (χ2v) is 9.25. The standard InChI is InChI=1S/C23H14F2N2O3S2/c1-11-4-2-5-12(8-11)19-18(20(28)16-6-3-7-31-16)21(29)22(30)27(19)23-26-15-9-13(24)14(25)10-17(15)32-23/h2-10,19,29H,1H3. The van der Waals surface area contributed by atoms with Gasteiger partial charge >= 0.3 is 0 Å². The minimum absolute atomic E-state index is 0.0559. The number of anilines is 1. The molecule has 0 spiro atoms. The highest BCUT2D eigenvalue weighted by Crippen LogP contribution is 2.44. The molecule has 160 valence electrons. The van der Waals surface area contributed by atoms with Crippen molar-refractivity contribution in [1.29, 1.82) is 0 Å². The van der Waals surface area contributed by atoms with E-state index in [2.05, 4.69) is 4.98 Å². The van der Waals surface area contributed by atoms with Gasteiger partial charge in [-0.1, -0.05) is 47.2 Å².